The summed E-state index contributed by atoms with van der Waals surface area (Å²) in [6.07, 6.45) is 4.48. The Morgan fingerprint density at radius 1 is 0.407 bits per heavy atom. The number of nitrogens with zero attached hydrogens (tertiary/aromatic N) is 5. The number of aliphatic hydroxyl groups is 6. The molecule has 10 N–H and O–H groups in total. The van der Waals surface area contributed by atoms with E-state index in [2.05, 4.69) is 44.9 Å². The van der Waals surface area contributed by atoms with Gasteiger partial charge in [0.15, 0.2) is 0 Å². The van der Waals surface area contributed by atoms with Crippen LogP contribution in [0.4, 0.5) is 0 Å². The van der Waals surface area contributed by atoms with Crippen molar-refractivity contribution in [3.8, 4) is 0 Å². The van der Waals surface area contributed by atoms with Crippen LogP contribution in [0, 0.1) is 0 Å². The van der Waals surface area contributed by atoms with E-state index in [-0.39, 0.29) is 39.6 Å². The van der Waals surface area contributed by atoms with Crippen molar-refractivity contribution in [2.24, 2.45) is 11.5 Å². The topological polar surface area (TPSA) is 242 Å². The molecule has 17 heteroatoms. The van der Waals surface area contributed by atoms with Crippen molar-refractivity contribution in [1.82, 2.24) is 24.5 Å². The fourth-order valence-corrected chi connectivity index (χ4v) is 4.65. The lowest BCUT2D eigenvalue weighted by Gasteiger charge is -2.20. The summed E-state index contributed by atoms with van der Waals surface area (Å²) in [5.41, 5.74) is 10.7. The van der Waals surface area contributed by atoms with E-state index in [0.717, 1.165) is 117 Å². The molecular formula is C37H87N7O10. The quantitative estimate of drug-likeness (QED) is 0.0279. The number of likely N-dealkylation sites (N-methyl/N-ethyl adjacent to an activating group) is 3. The predicted octanol–water partition coefficient (Wildman–Crippen LogP) is -1.29. The molecule has 0 heterocycles. The lowest BCUT2D eigenvalue weighted by atomic mass is 10.3. The summed E-state index contributed by atoms with van der Waals surface area (Å²) in [5, 5.41) is 51.3. The van der Waals surface area contributed by atoms with Gasteiger partial charge >= 0.3 is 0 Å². The largest absolute Gasteiger partial charge is 0.467 e. The van der Waals surface area contributed by atoms with E-state index in [9.17, 15) is 9.59 Å². The zero-order chi connectivity index (χ0) is 41.9. The molecule has 0 aromatic rings. The minimum atomic E-state index is 0.174. The average molecular weight is 790 g/mol. The van der Waals surface area contributed by atoms with Crippen LogP contribution in [0.25, 0.3) is 0 Å². The lowest BCUT2D eigenvalue weighted by molar-refractivity contribution is -0.129. The average Bonchev–Trinajstić information content (AvgIpc) is 3.19. The van der Waals surface area contributed by atoms with Crippen molar-refractivity contribution in [3.63, 3.8) is 0 Å². The summed E-state index contributed by atoms with van der Waals surface area (Å²) in [6, 6.07) is 0. The van der Waals surface area contributed by atoms with Crippen LogP contribution >= 0.6 is 0 Å². The molecule has 54 heavy (non-hydrogen) atoms. The van der Waals surface area contributed by atoms with Gasteiger partial charge in [-0.1, -0.05) is 34.6 Å². The van der Waals surface area contributed by atoms with Crippen molar-refractivity contribution < 1.29 is 49.7 Å². The molecule has 0 spiro atoms. The number of aliphatic hydroxyl groups excluding tert-OH is 6. The van der Waals surface area contributed by atoms with E-state index in [1.165, 1.54) is 0 Å². The van der Waals surface area contributed by atoms with Gasteiger partial charge in [0.25, 0.3) is 12.9 Å². The van der Waals surface area contributed by atoms with E-state index < -0.39 is 0 Å². The number of rotatable bonds is 34. The smallest absolute Gasteiger partial charge is 0.293 e. The number of ether oxygens (including phenoxy) is 2. The molecule has 0 aliphatic heterocycles. The molecule has 0 rings (SSSR count). The van der Waals surface area contributed by atoms with E-state index in [1.807, 2.05) is 23.6 Å². The second kappa shape index (κ2) is 58.1. The number of carbonyl (C=O) groups excluding carboxylic acids is 2. The number of carbonyl (C=O) groups is 2. The Hall–Kier alpha value is -1.58. The van der Waals surface area contributed by atoms with Crippen LogP contribution in [-0.4, -0.2) is 232 Å². The summed E-state index contributed by atoms with van der Waals surface area (Å²) >= 11 is 0. The fraction of sp³-hybridized carbons (Fsp3) is 0.946. The number of nitrogens with two attached hydrogens (primary N) is 2. The molecule has 0 aliphatic rings. The van der Waals surface area contributed by atoms with Crippen LogP contribution in [0.15, 0.2) is 0 Å². The zero-order valence-corrected chi connectivity index (χ0v) is 35.1. The van der Waals surface area contributed by atoms with E-state index in [0.29, 0.717) is 52.3 Å². The maximum atomic E-state index is 9.82. The fourth-order valence-electron chi connectivity index (χ4n) is 4.65. The highest BCUT2D eigenvalue weighted by molar-refractivity contribution is 5.37. The van der Waals surface area contributed by atoms with Crippen LogP contribution in [0.2, 0.25) is 0 Å². The maximum absolute atomic E-state index is 9.82. The minimum Gasteiger partial charge on any atom is -0.467 e. The van der Waals surface area contributed by atoms with Crippen LogP contribution in [-0.2, 0) is 19.1 Å². The van der Waals surface area contributed by atoms with Crippen molar-refractivity contribution in [2.45, 2.75) is 66.7 Å². The Bertz CT molecular complexity index is 610. The molecule has 330 valence electrons. The van der Waals surface area contributed by atoms with Gasteiger partial charge in [0, 0.05) is 105 Å². The molecule has 0 aromatic carbocycles. The minimum absolute atomic E-state index is 0.174. The Morgan fingerprint density at radius 2 is 0.704 bits per heavy atom. The first kappa shape index (κ1) is 61.6. The molecule has 17 nitrogen and oxygen atoms in total. The molecule has 0 saturated carbocycles. The molecule has 0 bridgehead atoms. The molecule has 0 radical (unpaired) electrons. The van der Waals surface area contributed by atoms with Gasteiger partial charge in [-0.25, -0.2) is 0 Å². The molecule has 0 saturated heterocycles. The van der Waals surface area contributed by atoms with Crippen LogP contribution in [0.5, 0.6) is 0 Å². The van der Waals surface area contributed by atoms with Gasteiger partial charge in [-0.2, -0.15) is 0 Å². The third-order valence-corrected chi connectivity index (χ3v) is 7.77. The third kappa shape index (κ3) is 54.8. The Balaban J connectivity index is -0.000000187. The summed E-state index contributed by atoms with van der Waals surface area (Å²) in [7, 11) is 0. The van der Waals surface area contributed by atoms with E-state index in [4.69, 9.17) is 42.1 Å². The summed E-state index contributed by atoms with van der Waals surface area (Å²) in [6.45, 7) is 28.0. The Morgan fingerprint density at radius 3 is 0.963 bits per heavy atom. The monoisotopic (exact) mass is 790 g/mol. The molecule has 0 aromatic heterocycles. The van der Waals surface area contributed by atoms with E-state index in [1.54, 1.807) is 0 Å². The highest BCUT2D eigenvalue weighted by atomic mass is 16.5. The van der Waals surface area contributed by atoms with Crippen molar-refractivity contribution in [3.05, 3.63) is 0 Å². The molecule has 0 amide bonds. The van der Waals surface area contributed by atoms with Gasteiger partial charge in [0.2, 0.25) is 0 Å². The highest BCUT2D eigenvalue weighted by Gasteiger charge is 2.03. The van der Waals surface area contributed by atoms with Gasteiger partial charge in [-0.3, -0.25) is 19.4 Å². The summed E-state index contributed by atoms with van der Waals surface area (Å²) in [4.78, 5) is 30.4. The highest BCUT2D eigenvalue weighted by Crippen LogP contribution is 1.96. The molecule has 0 aliphatic carbocycles. The Kier molecular flexibility index (Phi) is 66.4. The molecular weight excluding hydrogens is 702 g/mol. The standard InChI is InChI=1S/C9H21NO2.C8H15NO4.C8H19NO2.C6H17N3.C6H15NO2/c1-2-5-10(6-3-8-11)7-4-9-12;1-2-9(3-5-12-7-10)4-6-13-8-11;1-2-9(5-3-7-10)6-4-8-11;1-2-9(5-3-7)6-4-8;1-2-7(3-5-8)4-6-9/h11-12H,2-9H2,1H3;7-8H,2-6H2,1H3;10-11H,2-8H2,1H3;2-8H2,1H3;8-9H,2-6H2,1H3. The van der Waals surface area contributed by atoms with Gasteiger partial charge in [-0.15, -0.1) is 0 Å². The van der Waals surface area contributed by atoms with Gasteiger partial charge in [0.05, 0.1) is 13.2 Å². The second-order valence-corrected chi connectivity index (χ2v) is 11.8. The van der Waals surface area contributed by atoms with Crippen LogP contribution in [0.1, 0.15) is 66.7 Å². The summed E-state index contributed by atoms with van der Waals surface area (Å²) in [5.74, 6) is 0. The third-order valence-electron chi connectivity index (χ3n) is 7.77. The zero-order valence-electron chi connectivity index (χ0n) is 35.1. The normalized spacial score (nSPS) is 10.6. The van der Waals surface area contributed by atoms with Gasteiger partial charge in [0.1, 0.15) is 13.2 Å². The SMILES string of the molecule is CCCN(CCCO)CCCO.CCN(CCCO)CCCO.CCN(CCN)CCN.CCN(CCO)CCO.CCN(CCOC=O)CCOC=O. The maximum Gasteiger partial charge on any atom is 0.293 e. The predicted molar refractivity (Wildman–Crippen MR) is 218 cm³/mol. The van der Waals surface area contributed by atoms with Gasteiger partial charge in [-0.05, 0) is 64.8 Å². The number of hydrogen-bond donors (Lipinski definition) is 8. The van der Waals surface area contributed by atoms with Crippen molar-refractivity contribution in [1.29, 1.82) is 0 Å². The summed E-state index contributed by atoms with van der Waals surface area (Å²) < 4.78 is 9.08. The molecule has 0 atom stereocenters. The number of hydrogen-bond acceptors (Lipinski definition) is 17. The first-order valence-corrected chi connectivity index (χ1v) is 20.0. The van der Waals surface area contributed by atoms with Gasteiger partial charge < -0.3 is 66.3 Å². The Labute approximate surface area is 329 Å². The second-order valence-electron chi connectivity index (χ2n) is 11.8. The first-order valence-electron chi connectivity index (χ1n) is 20.0. The van der Waals surface area contributed by atoms with Crippen molar-refractivity contribution >= 4 is 12.9 Å². The van der Waals surface area contributed by atoms with Crippen molar-refractivity contribution in [2.75, 3.05) is 164 Å². The van der Waals surface area contributed by atoms with Crippen LogP contribution < -0.4 is 11.5 Å². The lowest BCUT2D eigenvalue weighted by Crippen LogP contribution is -2.33. The van der Waals surface area contributed by atoms with E-state index >= 15 is 0 Å². The first-order chi connectivity index (χ1) is 26.2. The molecule has 0 unspecified atom stereocenters. The molecule has 0 fully saturated rings. The van der Waals surface area contributed by atoms with Crippen LogP contribution in [0.3, 0.4) is 0 Å².